The third-order valence-electron chi connectivity index (χ3n) is 3.36. The molecule has 0 atom stereocenters. The van der Waals surface area contributed by atoms with Gasteiger partial charge in [0, 0.05) is 12.5 Å². The minimum Gasteiger partial charge on any atom is -0.507 e. The van der Waals surface area contributed by atoms with Crippen LogP contribution in [0.25, 0.3) is 11.3 Å². The van der Waals surface area contributed by atoms with Crippen molar-refractivity contribution in [3.63, 3.8) is 0 Å². The number of thiazole rings is 1. The molecule has 1 heterocycles. The molecule has 0 saturated heterocycles. The standard InChI is InChI=1S/C18H14N2O3S/c1-11(21)16-15(12-7-3-2-4-8-12)19-18(24-16)20-17(23)13-9-5-6-10-14(13)22/h2-10,22H,1H3,(H,19,20,23). The number of anilines is 1. The van der Waals surface area contributed by atoms with Gasteiger partial charge in [0.2, 0.25) is 0 Å². The number of nitrogens with zero attached hydrogens (tertiary/aromatic N) is 1. The Morgan fingerprint density at radius 2 is 1.71 bits per heavy atom. The molecule has 2 N–H and O–H groups in total. The first-order chi connectivity index (χ1) is 11.6. The van der Waals surface area contributed by atoms with Gasteiger partial charge in [-0.05, 0) is 12.1 Å². The summed E-state index contributed by atoms with van der Waals surface area (Å²) in [7, 11) is 0. The van der Waals surface area contributed by atoms with E-state index in [2.05, 4.69) is 10.3 Å². The smallest absolute Gasteiger partial charge is 0.261 e. The quantitative estimate of drug-likeness (QED) is 0.706. The van der Waals surface area contributed by atoms with Crippen molar-refractivity contribution in [3.8, 4) is 17.0 Å². The minimum atomic E-state index is -0.475. The first-order valence-corrected chi connectivity index (χ1v) is 8.04. The molecule has 0 bridgehead atoms. The van der Waals surface area contributed by atoms with Crippen molar-refractivity contribution < 1.29 is 14.7 Å². The molecule has 0 fully saturated rings. The van der Waals surface area contributed by atoms with Crippen LogP contribution in [0.4, 0.5) is 5.13 Å². The number of phenolic OH excluding ortho intramolecular Hbond substituents is 1. The summed E-state index contributed by atoms with van der Waals surface area (Å²) in [6.07, 6.45) is 0. The average Bonchev–Trinajstić information content (AvgIpc) is 3.00. The number of amides is 1. The maximum Gasteiger partial charge on any atom is 0.261 e. The molecular weight excluding hydrogens is 324 g/mol. The van der Waals surface area contributed by atoms with Gasteiger partial charge in [0.1, 0.15) is 5.75 Å². The fourth-order valence-electron chi connectivity index (χ4n) is 2.23. The molecule has 120 valence electrons. The van der Waals surface area contributed by atoms with Gasteiger partial charge in [0.25, 0.3) is 5.91 Å². The minimum absolute atomic E-state index is 0.110. The van der Waals surface area contributed by atoms with E-state index in [9.17, 15) is 14.7 Å². The number of ketones is 1. The Balaban J connectivity index is 1.94. The van der Waals surface area contributed by atoms with Crippen molar-refractivity contribution in [2.45, 2.75) is 6.92 Å². The maximum absolute atomic E-state index is 12.3. The van der Waals surface area contributed by atoms with Gasteiger partial charge in [-0.3, -0.25) is 14.9 Å². The highest BCUT2D eigenvalue weighted by molar-refractivity contribution is 7.18. The van der Waals surface area contributed by atoms with E-state index < -0.39 is 5.91 Å². The van der Waals surface area contributed by atoms with E-state index in [0.29, 0.717) is 15.7 Å². The molecule has 0 spiro atoms. The second-order valence-corrected chi connectivity index (χ2v) is 6.09. The number of carbonyl (C=O) groups excluding carboxylic acids is 2. The Hall–Kier alpha value is -2.99. The summed E-state index contributed by atoms with van der Waals surface area (Å²) in [6, 6.07) is 15.6. The van der Waals surface area contributed by atoms with Gasteiger partial charge in [-0.15, -0.1) is 0 Å². The van der Waals surface area contributed by atoms with Crippen LogP contribution in [-0.2, 0) is 0 Å². The highest BCUT2D eigenvalue weighted by Gasteiger charge is 2.19. The number of hydrogen-bond acceptors (Lipinski definition) is 5. The SMILES string of the molecule is CC(=O)c1sc(NC(=O)c2ccccc2O)nc1-c1ccccc1. The number of hydrogen-bond donors (Lipinski definition) is 2. The van der Waals surface area contributed by atoms with Crippen molar-refractivity contribution in [1.82, 2.24) is 4.98 Å². The Labute approximate surface area is 142 Å². The summed E-state index contributed by atoms with van der Waals surface area (Å²) in [5.74, 6) is -0.701. The summed E-state index contributed by atoms with van der Waals surface area (Å²) in [4.78, 5) is 29.0. The largest absolute Gasteiger partial charge is 0.507 e. The summed E-state index contributed by atoms with van der Waals surface area (Å²) in [5.41, 5.74) is 1.50. The van der Waals surface area contributed by atoms with Crippen molar-refractivity contribution in [3.05, 3.63) is 65.0 Å². The van der Waals surface area contributed by atoms with Crippen LogP contribution in [0.15, 0.2) is 54.6 Å². The van der Waals surface area contributed by atoms with Crippen LogP contribution in [0.3, 0.4) is 0 Å². The molecule has 1 aromatic heterocycles. The topological polar surface area (TPSA) is 79.3 Å². The van der Waals surface area contributed by atoms with Crippen molar-refractivity contribution in [2.24, 2.45) is 0 Å². The van der Waals surface area contributed by atoms with Gasteiger partial charge >= 0.3 is 0 Å². The molecule has 3 aromatic rings. The van der Waals surface area contributed by atoms with E-state index >= 15 is 0 Å². The molecule has 1 amide bonds. The number of nitrogens with one attached hydrogen (secondary N) is 1. The number of benzene rings is 2. The Bertz CT molecular complexity index is 904. The van der Waals surface area contributed by atoms with Gasteiger partial charge in [0.05, 0.1) is 16.1 Å². The lowest BCUT2D eigenvalue weighted by molar-refractivity contribution is 0.101. The number of carbonyl (C=O) groups is 2. The molecule has 5 nitrogen and oxygen atoms in total. The summed E-state index contributed by atoms with van der Waals surface area (Å²) in [6.45, 7) is 1.47. The Kier molecular flexibility index (Phi) is 4.39. The molecular formula is C18H14N2O3S. The van der Waals surface area contributed by atoms with Crippen LogP contribution in [-0.4, -0.2) is 21.8 Å². The van der Waals surface area contributed by atoms with Gasteiger partial charge in [-0.25, -0.2) is 4.98 Å². The lowest BCUT2D eigenvalue weighted by Crippen LogP contribution is -2.11. The van der Waals surface area contributed by atoms with E-state index in [1.807, 2.05) is 30.3 Å². The van der Waals surface area contributed by atoms with Crippen LogP contribution in [0.1, 0.15) is 27.0 Å². The predicted octanol–water partition coefficient (Wildman–Crippen LogP) is 3.97. The molecule has 0 aliphatic heterocycles. The number of para-hydroxylation sites is 1. The van der Waals surface area contributed by atoms with Gasteiger partial charge in [-0.2, -0.15) is 0 Å². The first-order valence-electron chi connectivity index (χ1n) is 7.23. The third-order valence-corrected chi connectivity index (χ3v) is 4.43. The molecule has 3 rings (SSSR count). The first kappa shape index (κ1) is 15.9. The van der Waals surface area contributed by atoms with Crippen LogP contribution in [0.5, 0.6) is 5.75 Å². The summed E-state index contributed by atoms with van der Waals surface area (Å²) in [5, 5.41) is 12.7. The van der Waals surface area contributed by atoms with E-state index in [1.165, 1.54) is 19.1 Å². The molecule has 2 aromatic carbocycles. The second-order valence-electron chi connectivity index (χ2n) is 5.09. The summed E-state index contributed by atoms with van der Waals surface area (Å²) >= 11 is 1.12. The van der Waals surface area contributed by atoms with Gasteiger partial charge < -0.3 is 5.11 Å². The zero-order chi connectivity index (χ0) is 17.1. The normalized spacial score (nSPS) is 10.4. The zero-order valence-electron chi connectivity index (χ0n) is 12.8. The van der Waals surface area contributed by atoms with Crippen LogP contribution < -0.4 is 5.32 Å². The monoisotopic (exact) mass is 338 g/mol. The number of Topliss-reactive ketones (excluding diaryl/α,β-unsaturated/α-hetero) is 1. The zero-order valence-corrected chi connectivity index (χ0v) is 13.6. The predicted molar refractivity (Wildman–Crippen MR) is 93.6 cm³/mol. The molecule has 0 radical (unpaired) electrons. The Morgan fingerprint density at radius 1 is 1.04 bits per heavy atom. The Morgan fingerprint density at radius 3 is 2.38 bits per heavy atom. The molecule has 0 unspecified atom stereocenters. The van der Waals surface area contributed by atoms with Crippen molar-refractivity contribution in [2.75, 3.05) is 5.32 Å². The fourth-order valence-corrected chi connectivity index (χ4v) is 3.11. The maximum atomic E-state index is 12.3. The molecule has 24 heavy (non-hydrogen) atoms. The fraction of sp³-hybridized carbons (Fsp3) is 0.0556. The third kappa shape index (κ3) is 3.18. The van der Waals surface area contributed by atoms with E-state index in [-0.39, 0.29) is 17.1 Å². The lowest BCUT2D eigenvalue weighted by atomic mass is 10.1. The van der Waals surface area contributed by atoms with Gasteiger partial charge in [-0.1, -0.05) is 53.8 Å². The van der Waals surface area contributed by atoms with E-state index in [0.717, 1.165) is 16.9 Å². The second kappa shape index (κ2) is 6.64. The number of aromatic nitrogens is 1. The van der Waals surface area contributed by atoms with Crippen LogP contribution >= 0.6 is 11.3 Å². The number of aromatic hydroxyl groups is 1. The number of phenols is 1. The molecule has 6 heteroatoms. The number of rotatable bonds is 4. The van der Waals surface area contributed by atoms with Crippen molar-refractivity contribution >= 4 is 28.2 Å². The van der Waals surface area contributed by atoms with Crippen LogP contribution in [0.2, 0.25) is 0 Å². The highest BCUT2D eigenvalue weighted by atomic mass is 32.1. The molecule has 0 saturated carbocycles. The molecule has 0 aliphatic carbocycles. The van der Waals surface area contributed by atoms with E-state index in [1.54, 1.807) is 12.1 Å². The summed E-state index contributed by atoms with van der Waals surface area (Å²) < 4.78 is 0. The average molecular weight is 338 g/mol. The highest BCUT2D eigenvalue weighted by Crippen LogP contribution is 2.32. The van der Waals surface area contributed by atoms with Gasteiger partial charge in [0.15, 0.2) is 10.9 Å². The van der Waals surface area contributed by atoms with E-state index in [4.69, 9.17) is 0 Å². The van der Waals surface area contributed by atoms with Crippen molar-refractivity contribution in [1.29, 1.82) is 0 Å². The molecule has 0 aliphatic rings. The van der Waals surface area contributed by atoms with Crippen LogP contribution in [0, 0.1) is 0 Å². The lowest BCUT2D eigenvalue weighted by Gasteiger charge is -2.03.